The van der Waals surface area contributed by atoms with Crippen molar-refractivity contribution in [2.24, 2.45) is 0 Å². The predicted molar refractivity (Wildman–Crippen MR) is 268 cm³/mol. The summed E-state index contributed by atoms with van der Waals surface area (Å²) in [6.07, 6.45) is 0. The number of fused-ring (bicyclic) bond motifs is 6. The van der Waals surface area contributed by atoms with Crippen LogP contribution in [0.25, 0.3) is 78.0 Å². The summed E-state index contributed by atoms with van der Waals surface area (Å²) in [6.45, 7) is 1.89. The molecule has 5 nitrogen and oxygen atoms in total. The topological polar surface area (TPSA) is 48.5 Å². The Labute approximate surface area is 400 Å². The summed E-state index contributed by atoms with van der Waals surface area (Å²) in [5.74, 6) is -2.14. The van der Waals surface area contributed by atoms with Crippen molar-refractivity contribution < 1.29 is 27.4 Å². The molecular weight excluding hydrogens is 795 g/mol. The SMILES string of the molecule is [2H]c1c([2H])c(-c2nc(-n3c4c([2H])c([2H])c([2H])c([2H])c4c4c([2H])c([2H])c([2H])c([2H])c43)nc(-n3c4c([2H])c([2H])c([2H])c([2H])c4c4c([2H])c([2H])c([2H])c([2H])c43)n2)c([2H])c([Si](c2ccccc2)(c2cccc(C)c2)c2cccc(-c3ccccc3)c2)c1[2H]. The first kappa shape index (κ1) is 22.2. The fourth-order valence-electron chi connectivity index (χ4n) is 8.61. The van der Waals surface area contributed by atoms with Gasteiger partial charge in [-0.15, -0.1) is 0 Å². The first-order valence-electron chi connectivity index (χ1n) is 30.1. The lowest BCUT2D eigenvalue weighted by Gasteiger charge is -2.35. The van der Waals surface area contributed by atoms with Gasteiger partial charge in [0.05, 0.1) is 49.5 Å². The first-order valence-corrected chi connectivity index (χ1v) is 22.1. The Morgan fingerprint density at radius 3 is 1.41 bits per heavy atom. The molecule has 0 aliphatic carbocycles. The summed E-state index contributed by atoms with van der Waals surface area (Å²) in [7, 11) is -4.18. The lowest BCUT2D eigenvalue weighted by atomic mass is 10.1. The molecule has 0 amide bonds. The standard InChI is InChI=1S/C58H41N5Si/c1-40-19-16-26-45(37-40)64(44-24-6-3-7-25-44,46-27-17-22-42(38-46)41-20-4-2-5-21-41)47-28-18-23-43(39-47)56-59-57(62-52-33-12-8-29-48(52)49-30-9-13-34-53(49)62)61-58(60-56)63-54-35-14-10-31-50(54)51-32-11-15-36-55(51)63/h2-39H,1H3/i8D,9D,10D,11D,12D,13D,14D,15D,18D,23D,28D,29D,30D,31D,32D,33D,34D,35D,36D,39D. The molecule has 0 saturated carbocycles. The molecule has 0 saturated heterocycles. The van der Waals surface area contributed by atoms with Crippen molar-refractivity contribution in [3.63, 3.8) is 0 Å². The van der Waals surface area contributed by atoms with Crippen molar-refractivity contribution >= 4 is 72.4 Å². The van der Waals surface area contributed by atoms with Crippen LogP contribution in [0.1, 0.15) is 33.0 Å². The quantitative estimate of drug-likeness (QED) is 0.113. The van der Waals surface area contributed by atoms with E-state index in [1.54, 1.807) is 0 Å². The Bertz CT molecular complexity index is 4550. The van der Waals surface area contributed by atoms with Crippen LogP contribution in [0.4, 0.5) is 0 Å². The highest BCUT2D eigenvalue weighted by Crippen LogP contribution is 2.34. The van der Waals surface area contributed by atoms with E-state index < -0.39 is 196 Å². The molecule has 64 heavy (non-hydrogen) atoms. The summed E-state index contributed by atoms with van der Waals surface area (Å²) < 4.78 is 187. The molecule has 0 radical (unpaired) electrons. The Hall–Kier alpha value is -8.19. The van der Waals surface area contributed by atoms with Gasteiger partial charge in [0, 0.05) is 27.1 Å². The van der Waals surface area contributed by atoms with Crippen LogP contribution >= 0.6 is 0 Å². The second kappa shape index (κ2) is 15.3. The highest BCUT2D eigenvalue weighted by atomic mass is 28.3. The molecule has 0 fully saturated rings. The van der Waals surface area contributed by atoms with E-state index in [1.165, 1.54) is 0 Å². The Morgan fingerprint density at radius 1 is 0.391 bits per heavy atom. The van der Waals surface area contributed by atoms with E-state index in [1.807, 2.05) is 116 Å². The van der Waals surface area contributed by atoms with Crippen LogP contribution in [0.2, 0.25) is 0 Å². The van der Waals surface area contributed by atoms with Crippen LogP contribution in [0.5, 0.6) is 0 Å². The van der Waals surface area contributed by atoms with Crippen LogP contribution in [-0.4, -0.2) is 32.2 Å². The van der Waals surface area contributed by atoms with Crippen LogP contribution in [0.3, 0.4) is 0 Å². The van der Waals surface area contributed by atoms with Gasteiger partial charge in [-0.2, -0.15) is 15.0 Å². The maximum absolute atomic E-state index is 10.7. The minimum atomic E-state index is -4.18. The lowest BCUT2D eigenvalue weighted by molar-refractivity contribution is 0.893. The Kier molecular flexibility index (Phi) is 5.32. The number of hydrogen-bond acceptors (Lipinski definition) is 3. The normalized spacial score (nSPS) is 17.0. The van der Waals surface area contributed by atoms with E-state index in [0.29, 0.717) is 15.6 Å². The molecule has 12 rings (SSSR count). The van der Waals surface area contributed by atoms with E-state index in [0.717, 1.165) is 25.8 Å². The van der Waals surface area contributed by atoms with E-state index in [4.69, 9.17) is 25.9 Å². The zero-order valence-corrected chi connectivity index (χ0v) is 34.6. The number of hydrogen-bond donors (Lipinski definition) is 0. The van der Waals surface area contributed by atoms with Crippen LogP contribution in [-0.2, 0) is 0 Å². The average Bonchev–Trinajstić information content (AvgIpc) is 1.53. The Balaban J connectivity index is 1.32. The van der Waals surface area contributed by atoms with Crippen molar-refractivity contribution in [2.75, 3.05) is 0 Å². The molecule has 1 atom stereocenters. The van der Waals surface area contributed by atoms with Gasteiger partial charge in [0.2, 0.25) is 11.9 Å². The van der Waals surface area contributed by atoms with E-state index in [9.17, 15) is 16.4 Å². The molecule has 302 valence electrons. The van der Waals surface area contributed by atoms with Gasteiger partial charge in [-0.05, 0) is 63.0 Å². The molecule has 6 heteroatoms. The average molecular weight is 856 g/mol. The van der Waals surface area contributed by atoms with Gasteiger partial charge in [-0.25, -0.2) is 0 Å². The van der Waals surface area contributed by atoms with Crippen molar-refractivity contribution in [3.05, 3.63) is 236 Å². The number of benzene rings is 9. The van der Waals surface area contributed by atoms with Crippen molar-refractivity contribution in [1.82, 2.24) is 24.1 Å². The van der Waals surface area contributed by atoms with Crippen LogP contribution < -0.4 is 20.7 Å². The van der Waals surface area contributed by atoms with Crippen LogP contribution in [0, 0.1) is 6.92 Å². The molecule has 0 aliphatic heterocycles. The molecule has 3 aromatic heterocycles. The zero-order chi connectivity index (χ0) is 60.0. The van der Waals surface area contributed by atoms with Gasteiger partial charge >= 0.3 is 0 Å². The minimum absolute atomic E-state index is 0.00999. The Morgan fingerprint density at radius 2 is 0.859 bits per heavy atom. The summed E-state index contributed by atoms with van der Waals surface area (Å²) in [4.78, 5) is 14.5. The third-order valence-corrected chi connectivity index (χ3v) is 15.9. The zero-order valence-electron chi connectivity index (χ0n) is 53.6. The summed E-state index contributed by atoms with van der Waals surface area (Å²) in [5, 5.41) is 0.411. The molecule has 12 aromatic rings. The molecular formula is C58H41N5Si. The van der Waals surface area contributed by atoms with Gasteiger partial charge in [0.15, 0.2) is 13.9 Å². The summed E-state index contributed by atoms with van der Waals surface area (Å²) in [6, 6.07) is 19.3. The molecule has 0 aliphatic rings. The molecule has 0 spiro atoms. The fraction of sp³-hybridized carbons (Fsp3) is 0.0172. The van der Waals surface area contributed by atoms with Gasteiger partial charge in [0.1, 0.15) is 0 Å². The highest BCUT2D eigenvalue weighted by Gasteiger charge is 2.42. The van der Waals surface area contributed by atoms with Gasteiger partial charge in [0.25, 0.3) is 0 Å². The summed E-state index contributed by atoms with van der Waals surface area (Å²) in [5.41, 5.74) is 0.00612. The molecule has 0 bridgehead atoms. The van der Waals surface area contributed by atoms with Crippen molar-refractivity contribution in [3.8, 4) is 34.4 Å². The fourth-order valence-corrected chi connectivity index (χ4v) is 13.2. The highest BCUT2D eigenvalue weighted by molar-refractivity contribution is 7.20. The largest absolute Gasteiger partial charge is 0.278 e. The lowest BCUT2D eigenvalue weighted by Crippen LogP contribution is -2.74. The van der Waals surface area contributed by atoms with Crippen molar-refractivity contribution in [1.29, 1.82) is 0 Å². The minimum Gasteiger partial charge on any atom is -0.278 e. The molecule has 3 heterocycles. The second-order valence-electron chi connectivity index (χ2n) is 15.0. The van der Waals surface area contributed by atoms with Gasteiger partial charge in [-0.1, -0.05) is 211 Å². The monoisotopic (exact) mass is 855 g/mol. The van der Waals surface area contributed by atoms with Gasteiger partial charge < -0.3 is 0 Å². The second-order valence-corrected chi connectivity index (χ2v) is 18.7. The van der Waals surface area contributed by atoms with E-state index in [-0.39, 0.29) is 5.19 Å². The molecule has 0 N–H and O–H groups in total. The third kappa shape index (κ3) is 6.03. The predicted octanol–water partition coefficient (Wildman–Crippen LogP) is 11.1. The number of aromatic nitrogens is 5. The maximum Gasteiger partial charge on any atom is 0.240 e. The summed E-state index contributed by atoms with van der Waals surface area (Å²) >= 11 is 0. The maximum atomic E-state index is 10.7. The number of para-hydroxylation sites is 4. The number of rotatable bonds is 8. The van der Waals surface area contributed by atoms with E-state index in [2.05, 4.69) is 0 Å². The molecule has 1 unspecified atom stereocenters. The third-order valence-electron chi connectivity index (χ3n) is 11.4. The van der Waals surface area contributed by atoms with Crippen LogP contribution in [0.15, 0.2) is 230 Å². The van der Waals surface area contributed by atoms with Crippen molar-refractivity contribution in [2.45, 2.75) is 6.92 Å². The molecule has 9 aromatic carbocycles. The van der Waals surface area contributed by atoms with Gasteiger partial charge in [-0.3, -0.25) is 9.13 Å². The van der Waals surface area contributed by atoms with E-state index >= 15 is 0 Å². The smallest absolute Gasteiger partial charge is 0.240 e. The first-order chi connectivity index (χ1) is 40.0. The number of nitrogens with zero attached hydrogens (tertiary/aromatic N) is 5. The number of aryl methyl sites for hydroxylation is 1.